The van der Waals surface area contributed by atoms with Gasteiger partial charge in [0.1, 0.15) is 11.6 Å². The van der Waals surface area contributed by atoms with Crippen LogP contribution >= 0.6 is 12.4 Å². The highest BCUT2D eigenvalue weighted by Gasteiger charge is 2.08. The number of aromatic nitrogens is 3. The lowest BCUT2D eigenvalue weighted by Crippen LogP contribution is -2.13. The average Bonchev–Trinajstić information content (AvgIpc) is 2.66. The average molecular weight is 409 g/mol. The van der Waals surface area contributed by atoms with Crippen LogP contribution < -0.4 is 16.0 Å². The van der Waals surface area contributed by atoms with Crippen LogP contribution in [0.2, 0.25) is 0 Å². The van der Waals surface area contributed by atoms with Gasteiger partial charge >= 0.3 is 0 Å². The molecule has 0 bridgehead atoms. The van der Waals surface area contributed by atoms with Gasteiger partial charge in [0.15, 0.2) is 0 Å². The third-order valence-corrected chi connectivity index (χ3v) is 3.43. The van der Waals surface area contributed by atoms with Crippen LogP contribution in [0.5, 0.6) is 0 Å². The van der Waals surface area contributed by atoms with E-state index in [0.29, 0.717) is 30.5 Å². The summed E-state index contributed by atoms with van der Waals surface area (Å²) in [5.74, 6) is 0.187. The van der Waals surface area contributed by atoms with Gasteiger partial charge in [-0.15, -0.1) is 12.4 Å². The Morgan fingerprint density at radius 2 is 1.18 bits per heavy atom. The Kier molecular flexibility index (Phi) is 7.85. The lowest BCUT2D eigenvalue weighted by atomic mass is 10.3. The molecule has 2 aromatic carbocycles. The quantitative estimate of drug-likeness (QED) is 0.483. The Morgan fingerprint density at radius 1 is 0.750 bits per heavy atom. The van der Waals surface area contributed by atoms with Gasteiger partial charge in [-0.05, 0) is 48.5 Å². The molecule has 0 aliphatic heterocycles. The first kappa shape index (κ1) is 21.3. The van der Waals surface area contributed by atoms with Crippen molar-refractivity contribution in [1.82, 2.24) is 15.0 Å². The van der Waals surface area contributed by atoms with E-state index in [1.807, 2.05) is 0 Å². The topological polar surface area (TPSA) is 84.0 Å². The van der Waals surface area contributed by atoms with E-state index in [1.165, 1.54) is 24.3 Å². The maximum Gasteiger partial charge on any atom is 0.233 e. The van der Waals surface area contributed by atoms with Crippen molar-refractivity contribution in [1.29, 1.82) is 0 Å². The van der Waals surface area contributed by atoms with E-state index in [9.17, 15) is 8.78 Å². The van der Waals surface area contributed by atoms with Gasteiger partial charge in [0.25, 0.3) is 0 Å². The van der Waals surface area contributed by atoms with Crippen molar-refractivity contribution in [2.45, 2.75) is 0 Å². The van der Waals surface area contributed by atoms with E-state index in [4.69, 9.17) is 4.74 Å². The van der Waals surface area contributed by atoms with Crippen LogP contribution in [0.25, 0.3) is 0 Å². The van der Waals surface area contributed by atoms with E-state index >= 15 is 0 Å². The van der Waals surface area contributed by atoms with Gasteiger partial charge in [-0.2, -0.15) is 15.0 Å². The third kappa shape index (κ3) is 6.29. The number of ether oxygens (including phenoxy) is 1. The van der Waals surface area contributed by atoms with Crippen LogP contribution in [0.1, 0.15) is 0 Å². The molecule has 148 valence electrons. The number of nitrogens with zero attached hydrogens (tertiary/aromatic N) is 3. The number of anilines is 5. The molecule has 3 aromatic rings. The smallest absolute Gasteiger partial charge is 0.233 e. The molecule has 0 spiro atoms. The van der Waals surface area contributed by atoms with Crippen molar-refractivity contribution in [2.75, 3.05) is 36.2 Å². The van der Waals surface area contributed by atoms with E-state index in [-0.39, 0.29) is 35.9 Å². The van der Waals surface area contributed by atoms with Gasteiger partial charge in [0.05, 0.1) is 6.61 Å². The standard InChI is InChI=1S/C18H18F2N6O.ClH/c1-27-11-10-21-16-24-17(22-14-6-2-12(19)3-7-14)26-18(25-16)23-15-8-4-13(20)5-9-15;/h2-9H,10-11H2,1H3,(H3,21,22,23,24,25,26);1H. The largest absolute Gasteiger partial charge is 0.383 e. The van der Waals surface area contributed by atoms with Crippen molar-refractivity contribution < 1.29 is 13.5 Å². The highest BCUT2D eigenvalue weighted by Crippen LogP contribution is 2.19. The van der Waals surface area contributed by atoms with E-state index in [2.05, 4.69) is 30.9 Å². The van der Waals surface area contributed by atoms with Crippen molar-refractivity contribution >= 4 is 41.6 Å². The van der Waals surface area contributed by atoms with Crippen LogP contribution in [-0.4, -0.2) is 35.2 Å². The van der Waals surface area contributed by atoms with Gasteiger partial charge in [-0.3, -0.25) is 0 Å². The number of methoxy groups -OCH3 is 1. The number of benzene rings is 2. The summed E-state index contributed by atoms with van der Waals surface area (Å²) in [7, 11) is 1.60. The molecule has 0 atom stereocenters. The first-order valence-corrected chi connectivity index (χ1v) is 8.16. The van der Waals surface area contributed by atoms with E-state index < -0.39 is 0 Å². The second-order valence-electron chi connectivity index (χ2n) is 5.49. The first-order valence-electron chi connectivity index (χ1n) is 8.16. The molecule has 0 saturated carbocycles. The highest BCUT2D eigenvalue weighted by atomic mass is 35.5. The Morgan fingerprint density at radius 3 is 1.61 bits per heavy atom. The number of halogens is 3. The SMILES string of the molecule is COCCNc1nc(Nc2ccc(F)cc2)nc(Nc2ccc(F)cc2)n1.Cl. The Labute approximate surface area is 167 Å². The molecule has 0 aliphatic rings. The van der Waals surface area contributed by atoms with Crippen LogP contribution in [0.4, 0.5) is 38.0 Å². The van der Waals surface area contributed by atoms with Crippen LogP contribution in [-0.2, 0) is 4.74 Å². The van der Waals surface area contributed by atoms with Crippen molar-refractivity contribution in [2.24, 2.45) is 0 Å². The predicted octanol–water partition coefficient (Wildman–Crippen LogP) is 4.12. The van der Waals surface area contributed by atoms with Crippen LogP contribution in [0, 0.1) is 11.6 Å². The molecule has 0 saturated heterocycles. The summed E-state index contributed by atoms with van der Waals surface area (Å²) in [6, 6.07) is 11.6. The second-order valence-corrected chi connectivity index (χ2v) is 5.49. The number of rotatable bonds is 8. The van der Waals surface area contributed by atoms with Gasteiger partial charge in [-0.25, -0.2) is 8.78 Å². The Balaban J connectivity index is 0.00000280. The number of nitrogens with one attached hydrogen (secondary N) is 3. The molecule has 7 nitrogen and oxygen atoms in total. The maximum atomic E-state index is 13.1. The fraction of sp³-hybridized carbons (Fsp3) is 0.167. The molecule has 0 radical (unpaired) electrons. The van der Waals surface area contributed by atoms with Crippen LogP contribution in [0.15, 0.2) is 48.5 Å². The molecular formula is C18H19ClF2N6O. The maximum absolute atomic E-state index is 13.1. The van der Waals surface area contributed by atoms with Gasteiger partial charge in [-0.1, -0.05) is 0 Å². The molecule has 1 heterocycles. The van der Waals surface area contributed by atoms with Crippen molar-refractivity contribution in [3.05, 3.63) is 60.2 Å². The Bertz CT molecular complexity index is 814. The minimum Gasteiger partial charge on any atom is -0.383 e. The Hall–Kier alpha value is -3.04. The molecule has 3 N–H and O–H groups in total. The molecule has 0 amide bonds. The molecule has 0 unspecified atom stereocenters. The zero-order chi connectivity index (χ0) is 19.1. The molecule has 3 rings (SSSR count). The molecule has 28 heavy (non-hydrogen) atoms. The number of hydrogen-bond donors (Lipinski definition) is 3. The summed E-state index contributed by atoms with van der Waals surface area (Å²) in [6.45, 7) is 0.986. The minimum absolute atomic E-state index is 0. The zero-order valence-corrected chi connectivity index (χ0v) is 15.8. The molecule has 0 aliphatic carbocycles. The lowest BCUT2D eigenvalue weighted by Gasteiger charge is -2.11. The predicted molar refractivity (Wildman–Crippen MR) is 107 cm³/mol. The summed E-state index contributed by atoms with van der Waals surface area (Å²) in [6.07, 6.45) is 0. The van der Waals surface area contributed by atoms with Crippen LogP contribution in [0.3, 0.4) is 0 Å². The summed E-state index contributed by atoms with van der Waals surface area (Å²) in [4.78, 5) is 12.9. The third-order valence-electron chi connectivity index (χ3n) is 3.43. The second kappa shape index (κ2) is 10.3. The lowest BCUT2D eigenvalue weighted by molar-refractivity contribution is 0.210. The van der Waals surface area contributed by atoms with Gasteiger partial charge in [0.2, 0.25) is 17.8 Å². The van der Waals surface area contributed by atoms with E-state index in [1.54, 1.807) is 31.4 Å². The summed E-state index contributed by atoms with van der Waals surface area (Å²) in [5.41, 5.74) is 1.25. The fourth-order valence-corrected chi connectivity index (χ4v) is 2.16. The zero-order valence-electron chi connectivity index (χ0n) is 14.9. The van der Waals surface area contributed by atoms with Crippen molar-refractivity contribution in [3.63, 3.8) is 0 Å². The monoisotopic (exact) mass is 408 g/mol. The van der Waals surface area contributed by atoms with Gasteiger partial charge < -0.3 is 20.7 Å². The number of hydrogen-bond acceptors (Lipinski definition) is 7. The van der Waals surface area contributed by atoms with Gasteiger partial charge in [0, 0.05) is 25.0 Å². The summed E-state index contributed by atoms with van der Waals surface area (Å²) in [5, 5.41) is 9.02. The fourth-order valence-electron chi connectivity index (χ4n) is 2.16. The summed E-state index contributed by atoms with van der Waals surface area (Å²) < 4.78 is 31.1. The van der Waals surface area contributed by atoms with Crippen molar-refractivity contribution in [3.8, 4) is 0 Å². The normalized spacial score (nSPS) is 10.1. The molecule has 0 fully saturated rings. The first-order chi connectivity index (χ1) is 13.1. The molecule has 1 aromatic heterocycles. The highest BCUT2D eigenvalue weighted by molar-refractivity contribution is 5.85. The minimum atomic E-state index is -0.336. The summed E-state index contributed by atoms with van der Waals surface area (Å²) >= 11 is 0. The molecular weight excluding hydrogens is 390 g/mol. The van der Waals surface area contributed by atoms with E-state index in [0.717, 1.165) is 0 Å². The molecule has 10 heteroatoms.